The molecule has 1 heterocycles. The van der Waals surface area contributed by atoms with Gasteiger partial charge in [0.25, 0.3) is 0 Å². The molecule has 0 aliphatic carbocycles. The van der Waals surface area contributed by atoms with E-state index in [1.54, 1.807) is 0 Å². The Balaban J connectivity index is 0. The predicted molar refractivity (Wildman–Crippen MR) is 93.6 cm³/mol. The molecule has 0 radical (unpaired) electrons. The SMILES string of the molecule is CCCCCC.[H-].[H-].[Mg+2].c1ccc2c(c1)[nH]c1ccccc12. The third kappa shape index (κ3) is 4.25. The maximum atomic E-state index is 3.38. The molecule has 3 aromatic rings. The Bertz CT molecular complexity index is 583. The first-order chi connectivity index (χ1) is 9.36. The number of H-pyrrole nitrogens is 1. The van der Waals surface area contributed by atoms with Crippen LogP contribution in [0.3, 0.4) is 0 Å². The molecule has 0 saturated heterocycles. The molecule has 0 aliphatic heterocycles. The van der Waals surface area contributed by atoms with Crippen LogP contribution in [-0.4, -0.2) is 28.0 Å². The first-order valence-electron chi connectivity index (χ1n) is 7.32. The van der Waals surface area contributed by atoms with Crippen molar-refractivity contribution >= 4 is 44.9 Å². The van der Waals surface area contributed by atoms with Gasteiger partial charge < -0.3 is 7.84 Å². The first-order valence-corrected chi connectivity index (χ1v) is 7.32. The molecule has 1 N–H and O–H groups in total. The number of aromatic amines is 1. The van der Waals surface area contributed by atoms with E-state index in [0.717, 1.165) is 0 Å². The van der Waals surface area contributed by atoms with E-state index in [1.165, 1.54) is 47.5 Å². The number of rotatable bonds is 3. The molecule has 0 amide bonds. The van der Waals surface area contributed by atoms with Crippen LogP contribution >= 0.6 is 0 Å². The zero-order chi connectivity index (χ0) is 13.5. The Morgan fingerprint density at radius 1 is 0.750 bits per heavy atom. The molecule has 104 valence electrons. The zero-order valence-corrected chi connectivity index (χ0v) is 14.1. The maximum Gasteiger partial charge on any atom is 2.00 e. The average Bonchev–Trinajstić information content (AvgIpc) is 2.84. The Kier molecular flexibility index (Phi) is 7.71. The average molecular weight is 280 g/mol. The van der Waals surface area contributed by atoms with Crippen molar-refractivity contribution in [2.45, 2.75) is 39.5 Å². The van der Waals surface area contributed by atoms with Crippen molar-refractivity contribution in [1.29, 1.82) is 0 Å². The van der Waals surface area contributed by atoms with Crippen LogP contribution in [0, 0.1) is 0 Å². The summed E-state index contributed by atoms with van der Waals surface area (Å²) in [4.78, 5) is 3.38. The summed E-state index contributed by atoms with van der Waals surface area (Å²) >= 11 is 0. The van der Waals surface area contributed by atoms with Gasteiger partial charge in [-0.3, -0.25) is 0 Å². The van der Waals surface area contributed by atoms with Crippen molar-refractivity contribution in [2.75, 3.05) is 0 Å². The number of para-hydroxylation sites is 2. The Morgan fingerprint density at radius 2 is 1.15 bits per heavy atom. The van der Waals surface area contributed by atoms with Gasteiger partial charge in [0.05, 0.1) is 0 Å². The van der Waals surface area contributed by atoms with Crippen molar-refractivity contribution in [3.8, 4) is 0 Å². The molecule has 0 saturated carbocycles. The number of aromatic nitrogens is 1. The van der Waals surface area contributed by atoms with Crippen LogP contribution in [0.4, 0.5) is 0 Å². The van der Waals surface area contributed by atoms with Crippen molar-refractivity contribution in [3.63, 3.8) is 0 Å². The monoisotopic (exact) mass is 279 g/mol. The number of unbranched alkanes of at least 4 members (excludes halogenated alkanes) is 3. The molecule has 2 aromatic carbocycles. The summed E-state index contributed by atoms with van der Waals surface area (Å²) in [6.07, 6.45) is 5.54. The van der Waals surface area contributed by atoms with Crippen LogP contribution in [-0.2, 0) is 0 Å². The Morgan fingerprint density at radius 3 is 1.55 bits per heavy atom. The van der Waals surface area contributed by atoms with E-state index in [-0.39, 0.29) is 25.9 Å². The molecule has 2 heteroatoms. The van der Waals surface area contributed by atoms with Gasteiger partial charge in [0, 0.05) is 21.8 Å². The Hall–Kier alpha value is -0.994. The van der Waals surface area contributed by atoms with Gasteiger partial charge in [-0.05, 0) is 12.1 Å². The van der Waals surface area contributed by atoms with E-state index in [4.69, 9.17) is 0 Å². The molecular formula is C18H25MgN. The summed E-state index contributed by atoms with van der Waals surface area (Å²) in [6.45, 7) is 4.46. The smallest absolute Gasteiger partial charge is 1.00 e. The summed E-state index contributed by atoms with van der Waals surface area (Å²) < 4.78 is 0. The van der Waals surface area contributed by atoms with Gasteiger partial charge in [0.1, 0.15) is 0 Å². The van der Waals surface area contributed by atoms with Gasteiger partial charge in [-0.2, -0.15) is 0 Å². The van der Waals surface area contributed by atoms with Crippen molar-refractivity contribution in [1.82, 2.24) is 4.98 Å². The topological polar surface area (TPSA) is 15.8 Å². The molecular weight excluding hydrogens is 255 g/mol. The minimum atomic E-state index is 0. The number of hydrogen-bond acceptors (Lipinski definition) is 0. The fourth-order valence-corrected chi connectivity index (χ4v) is 2.30. The predicted octanol–water partition coefficient (Wildman–Crippen LogP) is 5.75. The molecule has 0 atom stereocenters. The van der Waals surface area contributed by atoms with E-state index < -0.39 is 0 Å². The van der Waals surface area contributed by atoms with E-state index in [1.807, 2.05) is 0 Å². The van der Waals surface area contributed by atoms with Crippen LogP contribution in [0.5, 0.6) is 0 Å². The van der Waals surface area contributed by atoms with Crippen molar-refractivity contribution in [3.05, 3.63) is 48.5 Å². The summed E-state index contributed by atoms with van der Waals surface area (Å²) in [5.41, 5.74) is 2.42. The van der Waals surface area contributed by atoms with Crippen LogP contribution in [0.15, 0.2) is 48.5 Å². The van der Waals surface area contributed by atoms with E-state index in [0.29, 0.717) is 0 Å². The summed E-state index contributed by atoms with van der Waals surface area (Å²) in [7, 11) is 0. The molecule has 3 rings (SSSR count). The standard InChI is InChI=1S/C12H9N.C6H14.Mg.2H/c1-3-7-11-9(5-1)10-6-2-4-8-12(10)13-11;1-3-5-6-4-2;;;/h1-8,13H;3-6H2,1-2H3;;;/q;;+2;2*-1. The second-order valence-corrected chi connectivity index (χ2v) is 4.92. The third-order valence-electron chi connectivity index (χ3n) is 3.37. The third-order valence-corrected chi connectivity index (χ3v) is 3.37. The maximum absolute atomic E-state index is 3.38. The number of nitrogens with one attached hydrogen (secondary N) is 1. The molecule has 0 bridgehead atoms. The molecule has 0 aliphatic rings. The minimum Gasteiger partial charge on any atom is -1.00 e. The van der Waals surface area contributed by atoms with E-state index >= 15 is 0 Å². The fourth-order valence-electron chi connectivity index (χ4n) is 2.30. The minimum absolute atomic E-state index is 0. The number of fused-ring (bicyclic) bond motifs is 3. The van der Waals surface area contributed by atoms with Gasteiger partial charge in [-0.1, -0.05) is 75.9 Å². The molecule has 1 nitrogen and oxygen atoms in total. The quantitative estimate of drug-likeness (QED) is 0.464. The second-order valence-electron chi connectivity index (χ2n) is 4.92. The van der Waals surface area contributed by atoms with Crippen LogP contribution in [0.1, 0.15) is 42.4 Å². The molecule has 1 aromatic heterocycles. The Labute approximate surface area is 140 Å². The van der Waals surface area contributed by atoms with Crippen LogP contribution in [0.25, 0.3) is 21.8 Å². The van der Waals surface area contributed by atoms with Gasteiger partial charge in [0.15, 0.2) is 0 Å². The number of benzene rings is 2. The fraction of sp³-hybridized carbons (Fsp3) is 0.333. The van der Waals surface area contributed by atoms with Gasteiger partial charge >= 0.3 is 23.1 Å². The van der Waals surface area contributed by atoms with E-state index in [2.05, 4.69) is 67.4 Å². The molecule has 0 fully saturated rings. The van der Waals surface area contributed by atoms with Crippen LogP contribution in [0.2, 0.25) is 0 Å². The normalized spacial score (nSPS) is 9.90. The zero-order valence-electron chi connectivity index (χ0n) is 14.7. The van der Waals surface area contributed by atoms with Gasteiger partial charge in [-0.25, -0.2) is 0 Å². The van der Waals surface area contributed by atoms with E-state index in [9.17, 15) is 0 Å². The summed E-state index contributed by atoms with van der Waals surface area (Å²) in [5, 5.41) is 2.61. The van der Waals surface area contributed by atoms with Crippen molar-refractivity contribution < 1.29 is 2.85 Å². The number of hydrogen-bond donors (Lipinski definition) is 1. The second kappa shape index (κ2) is 9.04. The molecule has 0 unspecified atom stereocenters. The summed E-state index contributed by atoms with van der Waals surface area (Å²) in [5.74, 6) is 0. The largest absolute Gasteiger partial charge is 2.00 e. The van der Waals surface area contributed by atoms with Gasteiger partial charge in [-0.15, -0.1) is 0 Å². The summed E-state index contributed by atoms with van der Waals surface area (Å²) in [6, 6.07) is 16.8. The van der Waals surface area contributed by atoms with Crippen molar-refractivity contribution in [2.24, 2.45) is 0 Å². The molecule has 20 heavy (non-hydrogen) atoms. The van der Waals surface area contributed by atoms with Gasteiger partial charge in [0.2, 0.25) is 0 Å². The van der Waals surface area contributed by atoms with Crippen LogP contribution < -0.4 is 0 Å². The molecule has 0 spiro atoms. The first kappa shape index (κ1) is 17.1.